The Bertz CT molecular complexity index is 221. The van der Waals surface area contributed by atoms with Crippen molar-refractivity contribution < 1.29 is 13.2 Å². The highest BCUT2D eigenvalue weighted by Gasteiger charge is 2.14. The fourth-order valence-corrected chi connectivity index (χ4v) is 1.48. The van der Waals surface area contributed by atoms with Gasteiger partial charge in [-0.3, -0.25) is 0 Å². The molecule has 2 N–H and O–H groups in total. The number of sulfonamides is 1. The molecule has 1 aliphatic rings. The molecule has 72 valence electrons. The molecular weight excluding hydrogens is 180 g/mol. The van der Waals surface area contributed by atoms with Crippen molar-refractivity contribution in [2.75, 3.05) is 32.5 Å². The zero-order chi connectivity index (χ0) is 9.03. The average molecular weight is 194 g/mol. The molecule has 1 saturated heterocycles. The molecule has 1 fully saturated rings. The molecule has 0 aliphatic carbocycles. The Morgan fingerprint density at radius 1 is 1.67 bits per heavy atom. The van der Waals surface area contributed by atoms with Gasteiger partial charge in [0.25, 0.3) is 0 Å². The van der Waals surface area contributed by atoms with Crippen molar-refractivity contribution in [2.24, 2.45) is 0 Å². The Hall–Kier alpha value is -0.170. The molecule has 0 aromatic rings. The maximum atomic E-state index is 10.7. The zero-order valence-corrected chi connectivity index (χ0v) is 7.86. The van der Waals surface area contributed by atoms with E-state index in [0.717, 1.165) is 12.8 Å². The van der Waals surface area contributed by atoms with Crippen LogP contribution in [0.15, 0.2) is 0 Å². The first-order chi connectivity index (χ1) is 5.58. The quantitative estimate of drug-likeness (QED) is 0.575. The van der Waals surface area contributed by atoms with Crippen LogP contribution in [0.3, 0.4) is 0 Å². The standard InChI is InChI=1S/C6H14N2O3S/c1-12(9,10)8-5-6-4-7-2-3-11-6/h6-8H,2-5H2,1H3. The summed E-state index contributed by atoms with van der Waals surface area (Å²) in [6.45, 7) is 2.56. The highest BCUT2D eigenvalue weighted by atomic mass is 32.2. The normalized spacial score (nSPS) is 25.6. The van der Waals surface area contributed by atoms with Crippen molar-refractivity contribution in [3.63, 3.8) is 0 Å². The van der Waals surface area contributed by atoms with Gasteiger partial charge < -0.3 is 10.1 Å². The summed E-state index contributed by atoms with van der Waals surface area (Å²) < 4.78 is 29.1. The van der Waals surface area contributed by atoms with Gasteiger partial charge in [-0.2, -0.15) is 0 Å². The number of hydrogen-bond acceptors (Lipinski definition) is 4. The van der Waals surface area contributed by atoms with Gasteiger partial charge in [0, 0.05) is 19.6 Å². The van der Waals surface area contributed by atoms with Gasteiger partial charge in [0.05, 0.1) is 19.0 Å². The van der Waals surface area contributed by atoms with Crippen LogP contribution in [0, 0.1) is 0 Å². The summed E-state index contributed by atoms with van der Waals surface area (Å²) in [5, 5.41) is 3.11. The van der Waals surface area contributed by atoms with Crippen LogP contribution in [0.25, 0.3) is 0 Å². The van der Waals surface area contributed by atoms with Gasteiger partial charge in [-0.05, 0) is 0 Å². The summed E-state index contributed by atoms with van der Waals surface area (Å²) in [6.07, 6.45) is 1.11. The van der Waals surface area contributed by atoms with Gasteiger partial charge in [0.2, 0.25) is 10.0 Å². The maximum Gasteiger partial charge on any atom is 0.208 e. The third-order valence-corrected chi connectivity index (χ3v) is 2.27. The molecular formula is C6H14N2O3S. The summed E-state index contributed by atoms with van der Waals surface area (Å²) in [5.41, 5.74) is 0. The zero-order valence-electron chi connectivity index (χ0n) is 7.04. The summed E-state index contributed by atoms with van der Waals surface area (Å²) in [7, 11) is -3.08. The molecule has 0 aromatic carbocycles. The van der Waals surface area contributed by atoms with E-state index in [9.17, 15) is 8.42 Å². The lowest BCUT2D eigenvalue weighted by Crippen LogP contribution is -2.44. The smallest absolute Gasteiger partial charge is 0.208 e. The molecule has 1 atom stereocenters. The number of ether oxygens (including phenoxy) is 1. The van der Waals surface area contributed by atoms with Crippen molar-refractivity contribution in [1.82, 2.24) is 10.0 Å². The molecule has 6 heteroatoms. The lowest BCUT2D eigenvalue weighted by atomic mass is 10.3. The van der Waals surface area contributed by atoms with Crippen molar-refractivity contribution in [3.05, 3.63) is 0 Å². The molecule has 1 unspecified atom stereocenters. The predicted octanol–water partition coefficient (Wildman–Crippen LogP) is -1.48. The molecule has 0 aromatic heterocycles. The van der Waals surface area contributed by atoms with E-state index in [2.05, 4.69) is 10.0 Å². The van der Waals surface area contributed by atoms with Gasteiger partial charge in [-0.1, -0.05) is 0 Å². The van der Waals surface area contributed by atoms with Gasteiger partial charge in [0.15, 0.2) is 0 Å². The first-order valence-corrected chi connectivity index (χ1v) is 5.74. The maximum absolute atomic E-state index is 10.7. The summed E-state index contributed by atoms with van der Waals surface area (Å²) in [6, 6.07) is 0. The van der Waals surface area contributed by atoms with Gasteiger partial charge in [-0.15, -0.1) is 0 Å². The van der Waals surface area contributed by atoms with E-state index in [-0.39, 0.29) is 6.10 Å². The molecule has 0 bridgehead atoms. The minimum atomic E-state index is -3.08. The Balaban J connectivity index is 2.22. The highest BCUT2D eigenvalue weighted by Crippen LogP contribution is 1.94. The number of rotatable bonds is 3. The van der Waals surface area contributed by atoms with E-state index in [1.807, 2.05) is 0 Å². The van der Waals surface area contributed by atoms with Crippen LogP contribution >= 0.6 is 0 Å². The molecule has 5 nitrogen and oxygen atoms in total. The molecule has 1 aliphatic heterocycles. The Morgan fingerprint density at radius 2 is 2.42 bits per heavy atom. The lowest BCUT2D eigenvalue weighted by Gasteiger charge is -2.23. The summed E-state index contributed by atoms with van der Waals surface area (Å²) in [4.78, 5) is 0. The number of hydrogen-bond donors (Lipinski definition) is 2. The molecule has 1 heterocycles. The predicted molar refractivity (Wildman–Crippen MR) is 45.5 cm³/mol. The van der Waals surface area contributed by atoms with Crippen LogP contribution < -0.4 is 10.0 Å². The minimum Gasteiger partial charge on any atom is -0.374 e. The minimum absolute atomic E-state index is 0.0338. The fraction of sp³-hybridized carbons (Fsp3) is 1.00. The van der Waals surface area contributed by atoms with E-state index < -0.39 is 10.0 Å². The first-order valence-electron chi connectivity index (χ1n) is 3.85. The Labute approximate surface area is 72.5 Å². The van der Waals surface area contributed by atoms with Crippen LogP contribution in [0.2, 0.25) is 0 Å². The monoisotopic (exact) mass is 194 g/mol. The van der Waals surface area contributed by atoms with Crippen molar-refractivity contribution in [3.8, 4) is 0 Å². The van der Waals surface area contributed by atoms with E-state index in [0.29, 0.717) is 19.7 Å². The second-order valence-electron chi connectivity index (χ2n) is 2.82. The van der Waals surface area contributed by atoms with Crippen LogP contribution in [-0.4, -0.2) is 47.0 Å². The van der Waals surface area contributed by atoms with Crippen LogP contribution in [-0.2, 0) is 14.8 Å². The largest absolute Gasteiger partial charge is 0.374 e. The molecule has 1 rings (SSSR count). The average Bonchev–Trinajstić information content (AvgIpc) is 2.02. The Morgan fingerprint density at radius 3 is 2.92 bits per heavy atom. The van der Waals surface area contributed by atoms with Crippen molar-refractivity contribution in [2.45, 2.75) is 6.10 Å². The first kappa shape index (κ1) is 9.91. The van der Waals surface area contributed by atoms with Crippen LogP contribution in [0.5, 0.6) is 0 Å². The highest BCUT2D eigenvalue weighted by molar-refractivity contribution is 7.88. The van der Waals surface area contributed by atoms with E-state index >= 15 is 0 Å². The fourth-order valence-electron chi connectivity index (χ4n) is 0.995. The van der Waals surface area contributed by atoms with E-state index in [1.165, 1.54) is 0 Å². The van der Waals surface area contributed by atoms with Gasteiger partial charge in [0.1, 0.15) is 0 Å². The molecule has 0 radical (unpaired) electrons. The van der Waals surface area contributed by atoms with Crippen LogP contribution in [0.4, 0.5) is 0 Å². The van der Waals surface area contributed by atoms with E-state index in [4.69, 9.17) is 4.74 Å². The molecule has 0 spiro atoms. The molecule has 0 saturated carbocycles. The lowest BCUT2D eigenvalue weighted by molar-refractivity contribution is 0.0324. The summed E-state index contributed by atoms with van der Waals surface area (Å²) >= 11 is 0. The molecule has 12 heavy (non-hydrogen) atoms. The number of nitrogens with one attached hydrogen (secondary N) is 2. The summed E-state index contributed by atoms with van der Waals surface area (Å²) in [5.74, 6) is 0. The SMILES string of the molecule is CS(=O)(=O)NCC1CNCCO1. The van der Waals surface area contributed by atoms with Crippen molar-refractivity contribution in [1.29, 1.82) is 0 Å². The third-order valence-electron chi connectivity index (χ3n) is 1.58. The van der Waals surface area contributed by atoms with E-state index in [1.54, 1.807) is 0 Å². The van der Waals surface area contributed by atoms with Crippen LogP contribution in [0.1, 0.15) is 0 Å². The Kier molecular flexibility index (Phi) is 3.45. The topological polar surface area (TPSA) is 67.4 Å². The third kappa shape index (κ3) is 4.01. The van der Waals surface area contributed by atoms with Gasteiger partial charge in [-0.25, -0.2) is 13.1 Å². The van der Waals surface area contributed by atoms with Crippen molar-refractivity contribution >= 4 is 10.0 Å². The second-order valence-corrected chi connectivity index (χ2v) is 4.65. The van der Waals surface area contributed by atoms with Gasteiger partial charge >= 0.3 is 0 Å². The molecule has 0 amide bonds. The number of morpholine rings is 1. The second kappa shape index (κ2) is 4.18.